The number of non-ortho nitro benzene ring substituents is 1. The summed E-state index contributed by atoms with van der Waals surface area (Å²) in [6.45, 7) is 2.14. The summed E-state index contributed by atoms with van der Waals surface area (Å²) in [6.07, 6.45) is 4.45. The lowest BCUT2D eigenvalue weighted by Crippen LogP contribution is -2.63. The van der Waals surface area contributed by atoms with Gasteiger partial charge in [-0.2, -0.15) is 0 Å². The predicted octanol–water partition coefficient (Wildman–Crippen LogP) is 4.57. The largest absolute Gasteiger partial charge is 0.455 e. The van der Waals surface area contributed by atoms with Crippen LogP contribution in [0.25, 0.3) is 6.08 Å². The van der Waals surface area contributed by atoms with Crippen molar-refractivity contribution in [3.05, 3.63) is 73.3 Å². The van der Waals surface area contributed by atoms with E-state index < -0.39 is 21.0 Å². The molecule has 1 aliphatic carbocycles. The van der Waals surface area contributed by atoms with Gasteiger partial charge in [-0.25, -0.2) is 0 Å². The molecular weight excluding hydrogens is 374 g/mol. The van der Waals surface area contributed by atoms with Crippen LogP contribution < -0.4 is 9.64 Å². The van der Waals surface area contributed by atoms with Crippen molar-refractivity contribution in [2.75, 3.05) is 11.9 Å². The molecule has 148 valence electrons. The lowest BCUT2D eigenvalue weighted by Gasteiger charge is -2.53. The van der Waals surface area contributed by atoms with Gasteiger partial charge in [0, 0.05) is 24.4 Å². The van der Waals surface area contributed by atoms with Crippen LogP contribution in [0.2, 0.25) is 0 Å². The molecule has 8 nitrogen and oxygen atoms in total. The third-order valence-electron chi connectivity index (χ3n) is 6.71. The smallest absolute Gasteiger partial charge is 0.318 e. The maximum Gasteiger partial charge on any atom is 0.318 e. The zero-order valence-electron chi connectivity index (χ0n) is 16.0. The molecule has 2 aromatic rings. The Bertz CT molecular complexity index is 1130. The van der Waals surface area contributed by atoms with Crippen LogP contribution in [-0.4, -0.2) is 22.6 Å². The van der Waals surface area contributed by atoms with Crippen molar-refractivity contribution in [3.63, 3.8) is 0 Å². The zero-order valence-corrected chi connectivity index (χ0v) is 16.0. The lowest BCUT2D eigenvalue weighted by molar-refractivity contribution is -0.395. The van der Waals surface area contributed by atoms with E-state index in [1.54, 1.807) is 0 Å². The molecule has 29 heavy (non-hydrogen) atoms. The average Bonchev–Trinajstić information content (AvgIpc) is 2.89. The summed E-state index contributed by atoms with van der Waals surface area (Å²) in [6, 6.07) is 10.4. The first-order chi connectivity index (χ1) is 13.8. The van der Waals surface area contributed by atoms with Crippen molar-refractivity contribution < 1.29 is 14.6 Å². The number of rotatable bonds is 2. The topological polar surface area (TPSA) is 98.8 Å². The van der Waals surface area contributed by atoms with Gasteiger partial charge >= 0.3 is 5.69 Å². The fourth-order valence-electron chi connectivity index (χ4n) is 5.46. The van der Waals surface area contributed by atoms with Crippen molar-refractivity contribution in [3.8, 4) is 5.75 Å². The average molecular weight is 393 g/mol. The Kier molecular flexibility index (Phi) is 3.39. The minimum absolute atomic E-state index is 0.0946. The number of nitro groups is 2. The standard InChI is InChI=1S/C21H19N3O5/c1-20-9-5-6-14-10-13-11-15(23(25)26)12-18(24(27)28)19(13)29-21(14,20)22(2)17-8-4-3-7-16(17)20/h3-4,7-8,10-12H,5-6,9H2,1-2H3/t20-,21+/m0/s1. The highest BCUT2D eigenvalue weighted by Crippen LogP contribution is 2.62. The number of nitro benzene ring substituents is 2. The predicted molar refractivity (Wildman–Crippen MR) is 107 cm³/mol. The number of hydrogen-bond acceptors (Lipinski definition) is 6. The van der Waals surface area contributed by atoms with Gasteiger partial charge in [0.05, 0.1) is 21.3 Å². The summed E-state index contributed by atoms with van der Waals surface area (Å²) >= 11 is 0. The fraction of sp³-hybridized carbons (Fsp3) is 0.333. The Labute approximate surface area is 166 Å². The maximum absolute atomic E-state index is 11.7. The van der Waals surface area contributed by atoms with Crippen LogP contribution in [0.4, 0.5) is 17.1 Å². The molecule has 2 heterocycles. The van der Waals surface area contributed by atoms with Crippen molar-refractivity contribution in [2.45, 2.75) is 37.3 Å². The van der Waals surface area contributed by atoms with E-state index in [9.17, 15) is 20.2 Å². The van der Waals surface area contributed by atoms with Gasteiger partial charge in [0.1, 0.15) is 0 Å². The Hall–Kier alpha value is -3.42. The van der Waals surface area contributed by atoms with Gasteiger partial charge in [-0.15, -0.1) is 0 Å². The minimum Gasteiger partial charge on any atom is -0.455 e. The van der Waals surface area contributed by atoms with Gasteiger partial charge in [-0.3, -0.25) is 20.2 Å². The Morgan fingerprint density at radius 3 is 2.62 bits per heavy atom. The number of fused-ring (bicyclic) bond motifs is 3. The zero-order chi connectivity index (χ0) is 20.6. The molecule has 1 spiro atoms. The molecule has 1 fully saturated rings. The molecule has 0 unspecified atom stereocenters. The second-order valence-corrected chi connectivity index (χ2v) is 8.07. The molecule has 0 aromatic heterocycles. The quantitative estimate of drug-likeness (QED) is 0.548. The molecule has 0 radical (unpaired) electrons. The van der Waals surface area contributed by atoms with Gasteiger partial charge in [0.2, 0.25) is 11.5 Å². The third-order valence-corrected chi connectivity index (χ3v) is 6.71. The summed E-state index contributed by atoms with van der Waals surface area (Å²) in [5.74, 6) is 0.0946. The number of likely N-dealkylation sites (N-methyl/N-ethyl adjacent to an activating group) is 1. The molecule has 2 aliphatic heterocycles. The van der Waals surface area contributed by atoms with E-state index in [4.69, 9.17) is 4.74 Å². The van der Waals surface area contributed by atoms with E-state index in [0.29, 0.717) is 5.56 Å². The highest BCUT2D eigenvalue weighted by Gasteiger charge is 2.65. The molecule has 0 N–H and O–H groups in total. The van der Waals surface area contributed by atoms with Crippen LogP contribution in [0.1, 0.15) is 37.3 Å². The van der Waals surface area contributed by atoms with Gasteiger partial charge < -0.3 is 9.64 Å². The fourth-order valence-corrected chi connectivity index (χ4v) is 5.46. The molecular formula is C21H19N3O5. The summed E-state index contributed by atoms with van der Waals surface area (Å²) in [7, 11) is 1.95. The molecule has 0 amide bonds. The number of ether oxygens (including phenoxy) is 1. The van der Waals surface area contributed by atoms with Crippen molar-refractivity contribution in [2.24, 2.45) is 0 Å². The highest BCUT2D eigenvalue weighted by atomic mass is 16.6. The summed E-state index contributed by atoms with van der Waals surface area (Å²) in [4.78, 5) is 23.9. The first-order valence-electron chi connectivity index (χ1n) is 9.50. The Balaban J connectivity index is 1.79. The number of benzene rings is 2. The molecule has 2 aromatic carbocycles. The van der Waals surface area contributed by atoms with E-state index in [-0.39, 0.29) is 17.1 Å². The molecule has 2 atom stereocenters. The molecule has 5 rings (SSSR count). The first-order valence-corrected chi connectivity index (χ1v) is 9.50. The molecule has 3 aliphatic rings. The van der Waals surface area contributed by atoms with Crippen LogP contribution in [0.3, 0.4) is 0 Å². The SMILES string of the molecule is CN1c2ccccc2[C@]2(C)CCCC3=Cc4cc([N+](=O)[O-])cc([N+](=O)[O-])c4O[C@@]312. The molecule has 0 saturated heterocycles. The molecule has 0 bridgehead atoms. The first kappa shape index (κ1) is 17.7. The Morgan fingerprint density at radius 2 is 1.90 bits per heavy atom. The van der Waals surface area contributed by atoms with Gasteiger partial charge in [-0.1, -0.05) is 18.2 Å². The number of anilines is 1. The highest BCUT2D eigenvalue weighted by molar-refractivity contribution is 5.79. The van der Waals surface area contributed by atoms with Crippen molar-refractivity contribution >= 4 is 23.1 Å². The second kappa shape index (κ2) is 5.56. The lowest BCUT2D eigenvalue weighted by atomic mass is 9.64. The maximum atomic E-state index is 11.7. The number of hydrogen-bond donors (Lipinski definition) is 0. The van der Waals surface area contributed by atoms with E-state index in [0.717, 1.165) is 42.2 Å². The van der Waals surface area contributed by atoms with E-state index in [2.05, 4.69) is 17.9 Å². The van der Waals surface area contributed by atoms with Gasteiger partial charge in [0.25, 0.3) is 5.69 Å². The van der Waals surface area contributed by atoms with Crippen molar-refractivity contribution in [1.29, 1.82) is 0 Å². The normalized spacial score (nSPS) is 26.4. The molecule has 1 saturated carbocycles. The van der Waals surface area contributed by atoms with Gasteiger partial charge in [0.15, 0.2) is 0 Å². The van der Waals surface area contributed by atoms with Crippen LogP contribution in [0.15, 0.2) is 42.0 Å². The Morgan fingerprint density at radius 1 is 1.14 bits per heavy atom. The second-order valence-electron chi connectivity index (χ2n) is 8.07. The summed E-state index contributed by atoms with van der Waals surface area (Å²) in [5, 5.41) is 23.0. The van der Waals surface area contributed by atoms with E-state index in [1.807, 2.05) is 31.3 Å². The van der Waals surface area contributed by atoms with E-state index in [1.165, 1.54) is 6.07 Å². The number of para-hydroxylation sites is 1. The molecule has 8 heteroatoms. The van der Waals surface area contributed by atoms with Crippen molar-refractivity contribution in [1.82, 2.24) is 0 Å². The third kappa shape index (κ3) is 2.03. The van der Waals surface area contributed by atoms with Crippen LogP contribution in [0.5, 0.6) is 5.75 Å². The minimum atomic E-state index is -0.886. The van der Waals surface area contributed by atoms with Crippen LogP contribution >= 0.6 is 0 Å². The summed E-state index contributed by atoms with van der Waals surface area (Å²) < 4.78 is 6.57. The summed E-state index contributed by atoms with van der Waals surface area (Å²) in [5.41, 5.74) is 1.60. The van der Waals surface area contributed by atoms with Gasteiger partial charge in [-0.05, 0) is 49.5 Å². The van der Waals surface area contributed by atoms with Crippen LogP contribution in [-0.2, 0) is 5.41 Å². The van der Waals surface area contributed by atoms with E-state index >= 15 is 0 Å². The monoisotopic (exact) mass is 393 g/mol. The van der Waals surface area contributed by atoms with Crippen LogP contribution in [0, 0.1) is 20.2 Å². The number of nitrogens with zero attached hydrogens (tertiary/aromatic N) is 3.